The number of rotatable bonds is 7. The second kappa shape index (κ2) is 10.2. The van der Waals surface area contributed by atoms with Gasteiger partial charge in [0.1, 0.15) is 5.69 Å². The molecule has 1 amide bonds. The van der Waals surface area contributed by atoms with E-state index in [0.29, 0.717) is 19.0 Å². The Labute approximate surface area is 191 Å². The number of piperidine rings is 1. The zero-order chi connectivity index (χ0) is 24.1. The molecule has 1 aliphatic heterocycles. The first-order chi connectivity index (χ1) is 15.7. The molecule has 1 aliphatic rings. The van der Waals surface area contributed by atoms with Crippen LogP contribution in [0.4, 0.5) is 11.4 Å². The Morgan fingerprint density at radius 2 is 1.76 bits per heavy atom. The van der Waals surface area contributed by atoms with Crippen molar-refractivity contribution in [2.24, 2.45) is 5.92 Å². The number of benzene rings is 2. The topological polar surface area (TPSA) is 119 Å². The molecule has 2 aromatic carbocycles. The van der Waals surface area contributed by atoms with Gasteiger partial charge < -0.3 is 15.0 Å². The summed E-state index contributed by atoms with van der Waals surface area (Å²) in [6.07, 6.45) is 0.815. The standard InChI is InChI=1S/C24H27N3O6/c1-15-10-12-26(13-11-15)23(29)16(2)33-24(30)19-7-5-4-6-18(19)22(28)17-8-9-20(25-3)21(14-17)27(31)32/h4-9,14-16,25H,10-13H2,1-3H3/t16-/m1/s1. The van der Waals surface area contributed by atoms with Gasteiger partial charge in [-0.1, -0.05) is 25.1 Å². The van der Waals surface area contributed by atoms with E-state index in [-0.39, 0.29) is 34.0 Å². The van der Waals surface area contributed by atoms with Crippen molar-refractivity contribution in [2.75, 3.05) is 25.5 Å². The quantitative estimate of drug-likeness (QED) is 0.294. The third-order valence-electron chi connectivity index (χ3n) is 5.84. The molecule has 1 atom stereocenters. The number of esters is 1. The number of hydrogen-bond acceptors (Lipinski definition) is 7. The molecule has 1 fully saturated rings. The zero-order valence-corrected chi connectivity index (χ0v) is 18.9. The molecule has 33 heavy (non-hydrogen) atoms. The van der Waals surface area contributed by atoms with Crippen LogP contribution < -0.4 is 5.32 Å². The molecule has 0 spiro atoms. The summed E-state index contributed by atoms with van der Waals surface area (Å²) >= 11 is 0. The summed E-state index contributed by atoms with van der Waals surface area (Å²) in [5.41, 5.74) is 0.116. The number of hydrogen-bond donors (Lipinski definition) is 1. The fraction of sp³-hybridized carbons (Fsp3) is 0.375. The molecular weight excluding hydrogens is 426 g/mol. The van der Waals surface area contributed by atoms with Gasteiger partial charge in [-0.05, 0) is 43.9 Å². The van der Waals surface area contributed by atoms with Crippen molar-refractivity contribution in [3.8, 4) is 0 Å². The number of nitrogens with zero attached hydrogens (tertiary/aromatic N) is 2. The number of ether oxygens (including phenoxy) is 1. The third kappa shape index (κ3) is 5.36. The van der Waals surface area contributed by atoms with Gasteiger partial charge in [0, 0.05) is 37.3 Å². The van der Waals surface area contributed by atoms with E-state index in [1.54, 1.807) is 24.1 Å². The predicted molar refractivity (Wildman–Crippen MR) is 122 cm³/mol. The SMILES string of the molecule is CNc1ccc(C(=O)c2ccccc2C(=O)O[C@H](C)C(=O)N2CCC(C)CC2)cc1[N+](=O)[O-]. The first-order valence-electron chi connectivity index (χ1n) is 10.8. The average molecular weight is 453 g/mol. The summed E-state index contributed by atoms with van der Waals surface area (Å²) in [6.45, 7) is 4.90. The van der Waals surface area contributed by atoms with Gasteiger partial charge in [-0.15, -0.1) is 0 Å². The molecule has 174 valence electrons. The minimum Gasteiger partial charge on any atom is -0.449 e. The molecule has 9 heteroatoms. The number of carbonyl (C=O) groups excluding carboxylic acids is 3. The fourth-order valence-electron chi connectivity index (χ4n) is 3.81. The van der Waals surface area contributed by atoms with Gasteiger partial charge in [0.2, 0.25) is 0 Å². The van der Waals surface area contributed by atoms with Crippen LogP contribution in [0.2, 0.25) is 0 Å². The van der Waals surface area contributed by atoms with E-state index >= 15 is 0 Å². The number of likely N-dealkylation sites (tertiary alicyclic amines) is 1. The maximum atomic E-state index is 13.1. The van der Waals surface area contributed by atoms with Gasteiger partial charge in [0.15, 0.2) is 11.9 Å². The van der Waals surface area contributed by atoms with Gasteiger partial charge in [-0.2, -0.15) is 0 Å². The molecule has 0 saturated carbocycles. The van der Waals surface area contributed by atoms with Gasteiger partial charge in [0.25, 0.3) is 11.6 Å². The van der Waals surface area contributed by atoms with Crippen LogP contribution in [0.15, 0.2) is 42.5 Å². The lowest BCUT2D eigenvalue weighted by atomic mass is 9.97. The molecule has 0 aliphatic carbocycles. The molecule has 2 aromatic rings. The number of nitro groups is 1. The summed E-state index contributed by atoms with van der Waals surface area (Å²) in [4.78, 5) is 51.1. The predicted octanol–water partition coefficient (Wildman–Crippen LogP) is 3.67. The Kier molecular flexibility index (Phi) is 7.42. The monoisotopic (exact) mass is 453 g/mol. The van der Waals surface area contributed by atoms with Gasteiger partial charge >= 0.3 is 5.97 Å². The highest BCUT2D eigenvalue weighted by Gasteiger charge is 2.29. The largest absolute Gasteiger partial charge is 0.449 e. The summed E-state index contributed by atoms with van der Waals surface area (Å²) in [7, 11) is 1.54. The van der Waals surface area contributed by atoms with E-state index < -0.39 is 22.8 Å². The zero-order valence-electron chi connectivity index (χ0n) is 18.9. The molecule has 0 unspecified atom stereocenters. The van der Waals surface area contributed by atoms with E-state index in [4.69, 9.17) is 4.74 Å². The molecule has 0 aromatic heterocycles. The Hall–Kier alpha value is -3.75. The Morgan fingerprint density at radius 1 is 1.12 bits per heavy atom. The van der Waals surface area contributed by atoms with Crippen LogP contribution in [0, 0.1) is 16.0 Å². The van der Waals surface area contributed by atoms with E-state index in [1.807, 2.05) is 0 Å². The van der Waals surface area contributed by atoms with Crippen LogP contribution in [0.5, 0.6) is 0 Å². The Balaban J connectivity index is 1.80. The summed E-state index contributed by atoms with van der Waals surface area (Å²) in [5, 5.41) is 14.1. The van der Waals surface area contributed by atoms with Crippen molar-refractivity contribution in [3.05, 3.63) is 69.3 Å². The average Bonchev–Trinajstić information content (AvgIpc) is 2.83. The number of nitrogens with one attached hydrogen (secondary N) is 1. The van der Waals surface area contributed by atoms with Gasteiger partial charge in [0.05, 0.1) is 10.5 Å². The molecule has 0 radical (unpaired) electrons. The highest BCUT2D eigenvalue weighted by atomic mass is 16.6. The minimum absolute atomic E-state index is 0.00485. The van der Waals surface area contributed by atoms with Crippen molar-refractivity contribution in [1.29, 1.82) is 0 Å². The molecule has 0 bridgehead atoms. The van der Waals surface area contributed by atoms with E-state index in [9.17, 15) is 24.5 Å². The lowest BCUT2D eigenvalue weighted by Crippen LogP contribution is -2.44. The first-order valence-corrected chi connectivity index (χ1v) is 10.8. The summed E-state index contributed by atoms with van der Waals surface area (Å²) in [6, 6.07) is 10.1. The van der Waals surface area contributed by atoms with Crippen LogP contribution in [0.1, 0.15) is 53.0 Å². The van der Waals surface area contributed by atoms with Crippen LogP contribution in [-0.2, 0) is 9.53 Å². The highest BCUT2D eigenvalue weighted by Crippen LogP contribution is 2.27. The number of amides is 1. The highest BCUT2D eigenvalue weighted by molar-refractivity contribution is 6.15. The van der Waals surface area contributed by atoms with Crippen molar-refractivity contribution >= 4 is 29.0 Å². The first kappa shape index (κ1) is 23.9. The number of ketones is 1. The molecular formula is C24H27N3O6. The fourth-order valence-corrected chi connectivity index (χ4v) is 3.81. The van der Waals surface area contributed by atoms with Crippen molar-refractivity contribution in [1.82, 2.24) is 4.90 Å². The summed E-state index contributed by atoms with van der Waals surface area (Å²) < 4.78 is 5.40. The molecule has 3 rings (SSSR count). The molecule has 1 N–H and O–H groups in total. The lowest BCUT2D eigenvalue weighted by Gasteiger charge is -2.31. The van der Waals surface area contributed by atoms with E-state index in [0.717, 1.165) is 12.8 Å². The second-order valence-electron chi connectivity index (χ2n) is 8.17. The van der Waals surface area contributed by atoms with Crippen LogP contribution >= 0.6 is 0 Å². The number of anilines is 1. The van der Waals surface area contributed by atoms with Gasteiger partial charge in [-0.25, -0.2) is 4.79 Å². The minimum atomic E-state index is -0.995. The van der Waals surface area contributed by atoms with E-state index in [2.05, 4.69) is 12.2 Å². The maximum absolute atomic E-state index is 13.1. The normalized spacial score (nSPS) is 14.9. The van der Waals surface area contributed by atoms with Crippen LogP contribution in [0.3, 0.4) is 0 Å². The van der Waals surface area contributed by atoms with Gasteiger partial charge in [-0.3, -0.25) is 19.7 Å². The molecule has 9 nitrogen and oxygen atoms in total. The molecule has 1 saturated heterocycles. The number of carbonyl (C=O) groups is 3. The lowest BCUT2D eigenvalue weighted by molar-refractivity contribution is -0.384. The Bertz CT molecular complexity index is 1080. The Morgan fingerprint density at radius 3 is 2.36 bits per heavy atom. The summed E-state index contributed by atoms with van der Waals surface area (Å²) in [5.74, 6) is -1.07. The van der Waals surface area contributed by atoms with Crippen molar-refractivity contribution < 1.29 is 24.0 Å². The smallest absolute Gasteiger partial charge is 0.339 e. The second-order valence-corrected chi connectivity index (χ2v) is 8.17. The van der Waals surface area contributed by atoms with Crippen LogP contribution in [0.25, 0.3) is 0 Å². The number of nitro benzene ring substituents is 1. The molecule has 1 heterocycles. The van der Waals surface area contributed by atoms with Crippen molar-refractivity contribution in [3.63, 3.8) is 0 Å². The van der Waals surface area contributed by atoms with E-state index in [1.165, 1.54) is 37.3 Å². The van der Waals surface area contributed by atoms with Crippen LogP contribution in [-0.4, -0.2) is 53.7 Å². The van der Waals surface area contributed by atoms with Crippen molar-refractivity contribution in [2.45, 2.75) is 32.8 Å². The third-order valence-corrected chi connectivity index (χ3v) is 5.84. The maximum Gasteiger partial charge on any atom is 0.339 e.